The molecule has 0 amide bonds. The molecule has 0 spiro atoms. The van der Waals surface area contributed by atoms with Crippen LogP contribution in [0.25, 0.3) is 6.08 Å². The Labute approximate surface area is 128 Å². The molecule has 2 aromatic carbocycles. The van der Waals surface area contributed by atoms with Gasteiger partial charge < -0.3 is 4.74 Å². The third-order valence-corrected chi connectivity index (χ3v) is 3.84. The predicted molar refractivity (Wildman–Crippen MR) is 83.9 cm³/mol. The maximum atomic E-state index is 6.04. The van der Waals surface area contributed by atoms with Crippen LogP contribution in [-0.4, -0.2) is 17.5 Å². The fourth-order valence-electron chi connectivity index (χ4n) is 2.61. The molecule has 0 bridgehead atoms. The van der Waals surface area contributed by atoms with Gasteiger partial charge >= 0.3 is 0 Å². The third kappa shape index (κ3) is 2.30. The van der Waals surface area contributed by atoms with Gasteiger partial charge in [-0.15, -0.1) is 0 Å². The fourth-order valence-corrected chi connectivity index (χ4v) is 2.79. The smallest absolute Gasteiger partial charge is 0.177 e. The minimum absolute atomic E-state index is 0.464. The van der Waals surface area contributed by atoms with E-state index >= 15 is 0 Å². The highest BCUT2D eigenvalue weighted by Crippen LogP contribution is 2.31. The number of hydrazone groups is 1. The van der Waals surface area contributed by atoms with Gasteiger partial charge in [0.05, 0.1) is 6.54 Å². The average molecular weight is 297 g/mol. The zero-order valence-corrected chi connectivity index (χ0v) is 12.0. The van der Waals surface area contributed by atoms with Crippen molar-refractivity contribution in [1.29, 1.82) is 0 Å². The quantitative estimate of drug-likeness (QED) is 0.840. The van der Waals surface area contributed by atoms with Crippen molar-refractivity contribution in [2.24, 2.45) is 5.10 Å². The number of hydrogen-bond acceptors (Lipinski definition) is 3. The van der Waals surface area contributed by atoms with Gasteiger partial charge in [0, 0.05) is 10.6 Å². The number of ether oxygens (including phenoxy) is 1. The molecular formula is C17H13ClN2O. The molecule has 21 heavy (non-hydrogen) atoms. The van der Waals surface area contributed by atoms with Gasteiger partial charge in [-0.1, -0.05) is 48.0 Å². The van der Waals surface area contributed by atoms with Gasteiger partial charge in [0.15, 0.2) is 12.5 Å². The van der Waals surface area contributed by atoms with Crippen molar-refractivity contribution < 1.29 is 4.74 Å². The molecule has 0 radical (unpaired) electrons. The highest BCUT2D eigenvalue weighted by molar-refractivity contribution is 6.31. The Balaban J connectivity index is 1.65. The first-order valence-corrected chi connectivity index (χ1v) is 7.20. The summed E-state index contributed by atoms with van der Waals surface area (Å²) in [6.07, 6.45) is 2.00. The van der Waals surface area contributed by atoms with Gasteiger partial charge in [-0.2, -0.15) is 5.10 Å². The largest absolute Gasteiger partial charge is 0.469 e. The van der Waals surface area contributed by atoms with Crippen LogP contribution in [0.3, 0.4) is 0 Å². The van der Waals surface area contributed by atoms with Gasteiger partial charge in [-0.25, -0.2) is 0 Å². The number of halogens is 1. The van der Waals surface area contributed by atoms with E-state index in [0.717, 1.165) is 34.2 Å². The molecule has 0 fully saturated rings. The topological polar surface area (TPSA) is 24.8 Å². The lowest BCUT2D eigenvalue weighted by atomic mass is 10.1. The maximum absolute atomic E-state index is 6.04. The van der Waals surface area contributed by atoms with Crippen LogP contribution in [-0.2, 0) is 11.3 Å². The molecule has 0 saturated carbocycles. The number of benzene rings is 2. The first-order valence-electron chi connectivity index (χ1n) is 6.82. The summed E-state index contributed by atoms with van der Waals surface area (Å²) in [6, 6.07) is 16.1. The highest BCUT2D eigenvalue weighted by Gasteiger charge is 2.27. The van der Waals surface area contributed by atoms with Crippen LogP contribution in [0, 0.1) is 0 Å². The molecule has 104 valence electrons. The van der Waals surface area contributed by atoms with E-state index in [9.17, 15) is 0 Å². The third-order valence-electron chi connectivity index (χ3n) is 3.61. The van der Waals surface area contributed by atoms with Crippen molar-refractivity contribution in [3.63, 3.8) is 0 Å². The molecule has 1 aliphatic heterocycles. The second-order valence-corrected chi connectivity index (χ2v) is 5.55. The van der Waals surface area contributed by atoms with Crippen LogP contribution in [0.2, 0.25) is 5.02 Å². The Hall–Kier alpha value is -2.26. The first kappa shape index (κ1) is 12.5. The standard InChI is InChI=1S/C17H13ClN2O/c18-14-6-7-15-13(8-14)9-16-17(15)19-20(11-21-16)10-12-4-2-1-3-5-12/h1-9H,10-11H2. The summed E-state index contributed by atoms with van der Waals surface area (Å²) < 4.78 is 5.82. The summed E-state index contributed by atoms with van der Waals surface area (Å²) in [6.45, 7) is 1.20. The van der Waals surface area contributed by atoms with E-state index in [0.29, 0.717) is 6.73 Å². The molecule has 0 atom stereocenters. The molecule has 1 heterocycles. The molecule has 0 aromatic heterocycles. The van der Waals surface area contributed by atoms with Crippen LogP contribution in [0.15, 0.2) is 59.4 Å². The zero-order chi connectivity index (χ0) is 14.2. The second-order valence-electron chi connectivity index (χ2n) is 5.11. The van der Waals surface area contributed by atoms with E-state index < -0.39 is 0 Å². The monoisotopic (exact) mass is 296 g/mol. The number of allylic oxidation sites excluding steroid dienone is 1. The molecule has 4 heteroatoms. The Morgan fingerprint density at radius 1 is 1.14 bits per heavy atom. The first-order chi connectivity index (χ1) is 10.3. The van der Waals surface area contributed by atoms with Crippen molar-refractivity contribution in [1.82, 2.24) is 5.01 Å². The summed E-state index contributed by atoms with van der Waals surface area (Å²) in [5.74, 6) is 0.830. The lowest BCUT2D eigenvalue weighted by Gasteiger charge is -2.26. The Morgan fingerprint density at radius 2 is 2.00 bits per heavy atom. The molecular weight excluding hydrogens is 284 g/mol. The number of nitrogens with zero attached hydrogens (tertiary/aromatic N) is 2. The Bertz CT molecular complexity index is 753. The number of hydrogen-bond donors (Lipinski definition) is 0. The van der Waals surface area contributed by atoms with E-state index in [4.69, 9.17) is 21.4 Å². The van der Waals surface area contributed by atoms with Crippen molar-refractivity contribution >= 4 is 23.4 Å². The van der Waals surface area contributed by atoms with Gasteiger partial charge in [0.1, 0.15) is 5.71 Å². The van der Waals surface area contributed by atoms with E-state index in [2.05, 4.69) is 12.1 Å². The van der Waals surface area contributed by atoms with Gasteiger partial charge in [-0.3, -0.25) is 5.01 Å². The van der Waals surface area contributed by atoms with Crippen LogP contribution in [0.5, 0.6) is 0 Å². The minimum Gasteiger partial charge on any atom is -0.469 e. The summed E-state index contributed by atoms with van der Waals surface area (Å²) in [5, 5.41) is 7.39. The molecule has 0 N–H and O–H groups in total. The second kappa shape index (κ2) is 4.93. The lowest BCUT2D eigenvalue weighted by molar-refractivity contribution is 0.0665. The predicted octanol–water partition coefficient (Wildman–Crippen LogP) is 3.89. The molecule has 4 rings (SSSR count). The molecule has 0 unspecified atom stereocenters. The van der Waals surface area contributed by atoms with Gasteiger partial charge in [-0.05, 0) is 29.3 Å². The van der Waals surface area contributed by atoms with Gasteiger partial charge in [0.25, 0.3) is 0 Å². The van der Waals surface area contributed by atoms with Gasteiger partial charge in [0.2, 0.25) is 0 Å². The molecule has 0 saturated heterocycles. The van der Waals surface area contributed by atoms with E-state index in [1.807, 2.05) is 47.5 Å². The maximum Gasteiger partial charge on any atom is 0.177 e. The van der Waals surface area contributed by atoms with Crippen molar-refractivity contribution in [2.75, 3.05) is 6.73 Å². The summed E-state index contributed by atoms with van der Waals surface area (Å²) in [7, 11) is 0. The minimum atomic E-state index is 0.464. The summed E-state index contributed by atoms with van der Waals surface area (Å²) >= 11 is 6.04. The van der Waals surface area contributed by atoms with E-state index in [1.165, 1.54) is 5.56 Å². The lowest BCUT2D eigenvalue weighted by Crippen LogP contribution is -2.28. The van der Waals surface area contributed by atoms with E-state index in [1.54, 1.807) is 0 Å². The van der Waals surface area contributed by atoms with E-state index in [-0.39, 0.29) is 0 Å². The zero-order valence-electron chi connectivity index (χ0n) is 11.3. The van der Waals surface area contributed by atoms with Crippen LogP contribution >= 0.6 is 11.6 Å². The van der Waals surface area contributed by atoms with Crippen molar-refractivity contribution in [3.8, 4) is 0 Å². The molecule has 1 aliphatic carbocycles. The van der Waals surface area contributed by atoms with Crippen LogP contribution in [0.4, 0.5) is 0 Å². The average Bonchev–Trinajstić information content (AvgIpc) is 2.85. The Kier molecular flexibility index (Phi) is 2.93. The normalized spacial score (nSPS) is 15.8. The highest BCUT2D eigenvalue weighted by atomic mass is 35.5. The SMILES string of the molecule is Clc1ccc2c(c1)C=C1OCN(Cc3ccccc3)N=C12. The fraction of sp³-hybridized carbons (Fsp3) is 0.118. The number of fused-ring (bicyclic) bond motifs is 3. The number of rotatable bonds is 2. The summed E-state index contributed by atoms with van der Waals surface area (Å²) in [4.78, 5) is 0. The van der Waals surface area contributed by atoms with Crippen LogP contribution < -0.4 is 0 Å². The molecule has 3 nitrogen and oxygen atoms in total. The van der Waals surface area contributed by atoms with Crippen molar-refractivity contribution in [2.45, 2.75) is 6.54 Å². The van der Waals surface area contributed by atoms with Crippen molar-refractivity contribution in [3.05, 3.63) is 76.0 Å². The Morgan fingerprint density at radius 3 is 2.86 bits per heavy atom. The molecule has 2 aromatic rings. The van der Waals surface area contributed by atoms with Crippen LogP contribution in [0.1, 0.15) is 16.7 Å². The molecule has 2 aliphatic rings. The summed E-state index contributed by atoms with van der Waals surface area (Å²) in [5.41, 5.74) is 4.25.